The molecule has 1 fully saturated rings. The third-order valence-electron chi connectivity index (χ3n) is 5.34. The van der Waals surface area contributed by atoms with Gasteiger partial charge in [0.1, 0.15) is 6.10 Å². The standard InChI is InChI=1S/C21H20N2O3/c24-21-15-8-4-5-9-16(15)22-17-13-23(12-14-6-2-1-3-7-14)20(19(17)21)18-10-11-25-26-18/h1-9,18,20H,10-13H2,(H,22,24). The minimum absolute atomic E-state index is 0.0962. The Balaban J connectivity index is 1.61. The van der Waals surface area contributed by atoms with Gasteiger partial charge in [-0.15, -0.1) is 0 Å². The van der Waals surface area contributed by atoms with Crippen LogP contribution in [0.2, 0.25) is 0 Å². The van der Waals surface area contributed by atoms with Crippen molar-refractivity contribution in [2.75, 3.05) is 6.61 Å². The first-order valence-electron chi connectivity index (χ1n) is 9.01. The van der Waals surface area contributed by atoms with Gasteiger partial charge in [-0.2, -0.15) is 0 Å². The second-order valence-corrected chi connectivity index (χ2v) is 6.97. The van der Waals surface area contributed by atoms with E-state index in [-0.39, 0.29) is 17.6 Å². The summed E-state index contributed by atoms with van der Waals surface area (Å²) in [5.74, 6) is 0. The number of pyridine rings is 1. The Labute approximate surface area is 151 Å². The summed E-state index contributed by atoms with van der Waals surface area (Å²) in [5.41, 5.74) is 4.03. The van der Waals surface area contributed by atoms with Gasteiger partial charge in [-0.25, -0.2) is 9.78 Å². The fraction of sp³-hybridized carbons (Fsp3) is 0.286. The maximum atomic E-state index is 13.2. The van der Waals surface area contributed by atoms with Crippen LogP contribution in [-0.4, -0.2) is 22.6 Å². The lowest BCUT2D eigenvalue weighted by molar-refractivity contribution is -0.284. The highest BCUT2D eigenvalue weighted by molar-refractivity contribution is 5.79. The monoisotopic (exact) mass is 348 g/mol. The normalized spacial score (nSPS) is 22.8. The van der Waals surface area contributed by atoms with Gasteiger partial charge in [-0.3, -0.25) is 9.69 Å². The fourth-order valence-electron chi connectivity index (χ4n) is 4.18. The Bertz CT molecular complexity index is 993. The first kappa shape index (κ1) is 15.8. The number of aromatic amines is 1. The molecule has 3 aromatic rings. The molecule has 5 heteroatoms. The van der Waals surface area contributed by atoms with E-state index in [9.17, 15) is 4.79 Å². The van der Waals surface area contributed by atoms with Gasteiger partial charge in [0, 0.05) is 41.7 Å². The quantitative estimate of drug-likeness (QED) is 0.738. The Morgan fingerprint density at radius 3 is 2.69 bits per heavy atom. The average Bonchev–Trinajstić information content (AvgIpc) is 3.30. The molecule has 0 bridgehead atoms. The summed E-state index contributed by atoms with van der Waals surface area (Å²) in [5, 5.41) is 0.733. The van der Waals surface area contributed by atoms with Crippen LogP contribution in [0.15, 0.2) is 59.4 Å². The SMILES string of the molecule is O=c1c2c([nH]c3ccccc13)CN(Cc1ccccc1)C2C1CCOO1. The number of H-pyrrole nitrogens is 1. The molecule has 3 heterocycles. The van der Waals surface area contributed by atoms with E-state index in [0.717, 1.165) is 35.1 Å². The second kappa shape index (κ2) is 6.36. The van der Waals surface area contributed by atoms with Crippen LogP contribution in [0.1, 0.15) is 29.3 Å². The predicted octanol–water partition coefficient (Wildman–Crippen LogP) is 3.31. The van der Waals surface area contributed by atoms with Crippen LogP contribution in [0.5, 0.6) is 0 Å². The molecule has 132 valence electrons. The summed E-state index contributed by atoms with van der Waals surface area (Å²) in [6, 6.07) is 17.9. The summed E-state index contributed by atoms with van der Waals surface area (Å²) < 4.78 is 0. The lowest BCUT2D eigenvalue weighted by atomic mass is 9.98. The van der Waals surface area contributed by atoms with Crippen molar-refractivity contribution in [3.05, 3.63) is 81.6 Å². The molecule has 1 aromatic heterocycles. The number of benzene rings is 2. The van der Waals surface area contributed by atoms with Gasteiger partial charge in [0.25, 0.3) is 0 Å². The van der Waals surface area contributed by atoms with E-state index in [4.69, 9.17) is 9.78 Å². The Hall–Kier alpha value is -2.47. The van der Waals surface area contributed by atoms with Crippen molar-refractivity contribution in [2.24, 2.45) is 0 Å². The fourth-order valence-corrected chi connectivity index (χ4v) is 4.18. The lowest BCUT2D eigenvalue weighted by Crippen LogP contribution is -2.33. The number of aromatic nitrogens is 1. The van der Waals surface area contributed by atoms with Crippen molar-refractivity contribution >= 4 is 10.9 Å². The molecule has 2 aliphatic rings. The number of nitrogens with zero attached hydrogens (tertiary/aromatic N) is 1. The highest BCUT2D eigenvalue weighted by atomic mass is 17.2. The zero-order valence-corrected chi connectivity index (χ0v) is 14.4. The molecule has 2 aliphatic heterocycles. The van der Waals surface area contributed by atoms with E-state index < -0.39 is 0 Å². The Morgan fingerprint density at radius 2 is 1.88 bits per heavy atom. The minimum Gasteiger partial charge on any atom is -0.357 e. The molecule has 0 amide bonds. The van der Waals surface area contributed by atoms with E-state index in [0.29, 0.717) is 13.2 Å². The summed E-state index contributed by atoms with van der Waals surface area (Å²) in [6.45, 7) is 2.04. The smallest absolute Gasteiger partial charge is 0.194 e. The number of fused-ring (bicyclic) bond motifs is 2. The zero-order valence-electron chi connectivity index (χ0n) is 14.4. The van der Waals surface area contributed by atoms with Gasteiger partial charge in [-0.05, 0) is 17.7 Å². The summed E-state index contributed by atoms with van der Waals surface area (Å²) in [7, 11) is 0. The van der Waals surface area contributed by atoms with E-state index in [1.807, 2.05) is 42.5 Å². The van der Waals surface area contributed by atoms with E-state index in [1.54, 1.807) is 0 Å². The van der Waals surface area contributed by atoms with Crippen LogP contribution in [-0.2, 0) is 22.9 Å². The van der Waals surface area contributed by atoms with Gasteiger partial charge in [-0.1, -0.05) is 42.5 Å². The van der Waals surface area contributed by atoms with Crippen molar-refractivity contribution in [1.82, 2.24) is 9.88 Å². The van der Waals surface area contributed by atoms with E-state index in [2.05, 4.69) is 22.0 Å². The number of rotatable bonds is 3. The van der Waals surface area contributed by atoms with Crippen LogP contribution in [0.4, 0.5) is 0 Å². The Kier molecular flexibility index (Phi) is 3.85. The molecule has 1 N–H and O–H groups in total. The summed E-state index contributed by atoms with van der Waals surface area (Å²) in [6.07, 6.45) is 0.670. The molecule has 26 heavy (non-hydrogen) atoms. The number of nitrogens with one attached hydrogen (secondary N) is 1. The van der Waals surface area contributed by atoms with Crippen molar-refractivity contribution in [1.29, 1.82) is 0 Å². The van der Waals surface area contributed by atoms with E-state index >= 15 is 0 Å². The van der Waals surface area contributed by atoms with Gasteiger partial charge in [0.05, 0.1) is 12.6 Å². The average molecular weight is 348 g/mol. The van der Waals surface area contributed by atoms with Crippen LogP contribution < -0.4 is 5.43 Å². The summed E-state index contributed by atoms with van der Waals surface area (Å²) >= 11 is 0. The van der Waals surface area contributed by atoms with Crippen LogP contribution in [0, 0.1) is 0 Å². The van der Waals surface area contributed by atoms with Crippen molar-refractivity contribution in [3.8, 4) is 0 Å². The third kappa shape index (κ3) is 2.56. The highest BCUT2D eigenvalue weighted by Gasteiger charge is 2.41. The molecule has 5 rings (SSSR count). The van der Waals surface area contributed by atoms with Gasteiger partial charge in [0.15, 0.2) is 5.43 Å². The molecule has 5 nitrogen and oxygen atoms in total. The minimum atomic E-state index is -0.123. The molecule has 0 spiro atoms. The van der Waals surface area contributed by atoms with Crippen LogP contribution >= 0.6 is 0 Å². The lowest BCUT2D eigenvalue weighted by Gasteiger charge is -2.27. The molecule has 2 atom stereocenters. The van der Waals surface area contributed by atoms with Gasteiger partial charge in [0.2, 0.25) is 0 Å². The number of para-hydroxylation sites is 1. The van der Waals surface area contributed by atoms with Crippen LogP contribution in [0.3, 0.4) is 0 Å². The maximum Gasteiger partial charge on any atom is 0.194 e. The van der Waals surface area contributed by atoms with Crippen molar-refractivity contribution in [3.63, 3.8) is 0 Å². The predicted molar refractivity (Wildman–Crippen MR) is 98.4 cm³/mol. The molecule has 2 aromatic carbocycles. The largest absolute Gasteiger partial charge is 0.357 e. The summed E-state index contributed by atoms with van der Waals surface area (Å²) in [4.78, 5) is 29.7. The molecular weight excluding hydrogens is 328 g/mol. The van der Waals surface area contributed by atoms with E-state index in [1.165, 1.54) is 5.56 Å². The molecule has 0 radical (unpaired) electrons. The first-order chi connectivity index (χ1) is 12.8. The number of hydrogen-bond acceptors (Lipinski definition) is 4. The van der Waals surface area contributed by atoms with Crippen LogP contribution in [0.25, 0.3) is 10.9 Å². The van der Waals surface area contributed by atoms with Crippen molar-refractivity contribution in [2.45, 2.75) is 31.7 Å². The highest BCUT2D eigenvalue weighted by Crippen LogP contribution is 2.39. The maximum absolute atomic E-state index is 13.2. The molecular formula is C21H20N2O3. The zero-order chi connectivity index (χ0) is 17.5. The third-order valence-corrected chi connectivity index (χ3v) is 5.34. The molecule has 1 saturated heterocycles. The number of hydrogen-bond donors (Lipinski definition) is 1. The first-order valence-corrected chi connectivity index (χ1v) is 9.01. The topological polar surface area (TPSA) is 54.6 Å². The van der Waals surface area contributed by atoms with Crippen molar-refractivity contribution < 1.29 is 9.78 Å². The van der Waals surface area contributed by atoms with Gasteiger partial charge < -0.3 is 4.98 Å². The molecule has 0 aliphatic carbocycles. The van der Waals surface area contributed by atoms with Gasteiger partial charge >= 0.3 is 0 Å². The molecule has 2 unspecified atom stereocenters. The Morgan fingerprint density at radius 1 is 1.08 bits per heavy atom. The molecule has 0 saturated carbocycles. The second-order valence-electron chi connectivity index (χ2n) is 6.97.